The molecule has 0 saturated carbocycles. The molecule has 0 unspecified atom stereocenters. The Morgan fingerprint density at radius 3 is 2.14 bits per heavy atom. The summed E-state index contributed by atoms with van der Waals surface area (Å²) in [5.74, 6) is -3.30. The Hall–Kier alpha value is -4.78. The van der Waals surface area contributed by atoms with Gasteiger partial charge >= 0.3 is 12.1 Å². The van der Waals surface area contributed by atoms with Gasteiger partial charge in [0.2, 0.25) is 11.2 Å². The van der Waals surface area contributed by atoms with E-state index in [0.29, 0.717) is 6.07 Å². The predicted molar refractivity (Wildman–Crippen MR) is 123 cm³/mol. The first-order chi connectivity index (χ1) is 17.4. The second kappa shape index (κ2) is 9.35. The number of benzene rings is 3. The second-order valence-corrected chi connectivity index (χ2v) is 7.82. The Morgan fingerprint density at radius 2 is 1.57 bits per heavy atom. The van der Waals surface area contributed by atoms with Crippen molar-refractivity contribution < 1.29 is 37.0 Å². The van der Waals surface area contributed by atoms with Gasteiger partial charge < -0.3 is 9.15 Å². The molecule has 10 nitrogen and oxygen atoms in total. The maximum absolute atomic E-state index is 13.8. The summed E-state index contributed by atoms with van der Waals surface area (Å²) < 4.78 is 51.6. The van der Waals surface area contributed by atoms with E-state index >= 15 is 0 Å². The van der Waals surface area contributed by atoms with Crippen LogP contribution in [-0.4, -0.2) is 15.8 Å². The first-order valence-electron chi connectivity index (χ1n) is 9.96. The van der Waals surface area contributed by atoms with Gasteiger partial charge in [-0.3, -0.25) is 25.0 Å². The lowest BCUT2D eigenvalue weighted by molar-refractivity contribution is -0.394. The Kier molecular flexibility index (Phi) is 6.40. The Labute approximate surface area is 207 Å². The van der Waals surface area contributed by atoms with E-state index in [9.17, 15) is 43.0 Å². The van der Waals surface area contributed by atoms with Crippen LogP contribution in [0.4, 0.5) is 24.5 Å². The van der Waals surface area contributed by atoms with E-state index in [4.69, 9.17) is 20.8 Å². The number of nitrogens with zero attached hydrogens (tertiary/aromatic N) is 2. The molecule has 0 aliphatic carbocycles. The second-order valence-electron chi connectivity index (χ2n) is 7.41. The number of halogens is 4. The van der Waals surface area contributed by atoms with Crippen LogP contribution in [0.1, 0.15) is 16.1 Å². The van der Waals surface area contributed by atoms with Gasteiger partial charge in [-0.25, -0.2) is 4.79 Å². The minimum absolute atomic E-state index is 0.115. The quantitative estimate of drug-likeness (QED) is 0.128. The molecule has 0 N–H and O–H groups in total. The van der Waals surface area contributed by atoms with Gasteiger partial charge in [-0.05, 0) is 18.2 Å². The molecular weight excluding hydrogens is 525 g/mol. The van der Waals surface area contributed by atoms with Crippen LogP contribution < -0.4 is 10.2 Å². The highest BCUT2D eigenvalue weighted by Crippen LogP contribution is 2.39. The largest absolute Gasteiger partial charge is 0.450 e. The lowest BCUT2D eigenvalue weighted by atomic mass is 10.0. The molecule has 37 heavy (non-hydrogen) atoms. The Bertz CT molecular complexity index is 1630. The normalized spacial score (nSPS) is 11.4. The molecule has 1 heterocycles. The van der Waals surface area contributed by atoms with Crippen molar-refractivity contribution >= 4 is 39.9 Å². The molecule has 0 aliphatic heterocycles. The average Bonchev–Trinajstić information content (AvgIpc) is 2.83. The molecule has 1 aromatic heterocycles. The number of carbonyl (C=O) groups excluding carboxylic acids is 1. The standard InChI is InChI=1S/C23H10ClF3N2O8/c24-17-4-2-1-3-15(17)19-20(30)16-6-5-14(10-18(16)37-21(19)23(25,26)27)36-22(31)11-7-12(28(32)33)9-13(8-11)29(34)35/h1-10H. The summed E-state index contributed by atoms with van der Waals surface area (Å²) in [6.07, 6.45) is -5.10. The molecule has 0 saturated heterocycles. The van der Waals surface area contributed by atoms with Crippen LogP contribution in [0.3, 0.4) is 0 Å². The summed E-state index contributed by atoms with van der Waals surface area (Å²) in [5.41, 5.74) is -4.71. The number of ether oxygens (including phenoxy) is 1. The Balaban J connectivity index is 1.81. The van der Waals surface area contributed by atoms with Crippen molar-refractivity contribution in [3.63, 3.8) is 0 Å². The van der Waals surface area contributed by atoms with Gasteiger partial charge in [0.1, 0.15) is 11.3 Å². The number of fused-ring (bicyclic) bond motifs is 1. The van der Waals surface area contributed by atoms with Crippen molar-refractivity contribution in [3.05, 3.63) is 107 Å². The molecule has 3 aromatic carbocycles. The van der Waals surface area contributed by atoms with Crippen molar-refractivity contribution in [2.45, 2.75) is 6.18 Å². The summed E-state index contributed by atoms with van der Waals surface area (Å²) in [5, 5.41) is 21.7. The minimum Gasteiger partial charge on any atom is -0.450 e. The van der Waals surface area contributed by atoms with Crippen molar-refractivity contribution in [1.82, 2.24) is 0 Å². The molecule has 4 rings (SSSR count). The molecule has 4 aromatic rings. The van der Waals surface area contributed by atoms with E-state index in [1.807, 2.05) is 0 Å². The third kappa shape index (κ3) is 4.97. The number of nitro groups is 2. The predicted octanol–water partition coefficient (Wildman–Crippen LogP) is 6.17. The zero-order valence-corrected chi connectivity index (χ0v) is 18.7. The van der Waals surface area contributed by atoms with Crippen LogP contribution >= 0.6 is 11.6 Å². The van der Waals surface area contributed by atoms with E-state index in [2.05, 4.69) is 0 Å². The van der Waals surface area contributed by atoms with E-state index in [0.717, 1.165) is 30.3 Å². The molecule has 0 radical (unpaired) electrons. The highest BCUT2D eigenvalue weighted by atomic mass is 35.5. The fourth-order valence-electron chi connectivity index (χ4n) is 3.43. The maximum Gasteiger partial charge on any atom is 0.450 e. The SMILES string of the molecule is O=C(Oc1ccc2c(=O)c(-c3ccccc3Cl)c(C(F)(F)F)oc2c1)c1cc([N+](=O)[O-])cc([N+](=O)[O-])c1. The van der Waals surface area contributed by atoms with Gasteiger partial charge in [-0.1, -0.05) is 29.8 Å². The molecule has 0 bridgehead atoms. The van der Waals surface area contributed by atoms with Gasteiger partial charge in [-0.15, -0.1) is 0 Å². The number of hydrogen-bond acceptors (Lipinski definition) is 8. The fourth-order valence-corrected chi connectivity index (χ4v) is 3.67. The lowest BCUT2D eigenvalue weighted by Gasteiger charge is -2.14. The number of hydrogen-bond donors (Lipinski definition) is 0. The number of non-ortho nitro benzene ring substituents is 2. The van der Waals surface area contributed by atoms with Crippen molar-refractivity contribution in [2.24, 2.45) is 0 Å². The Morgan fingerprint density at radius 1 is 0.946 bits per heavy atom. The van der Waals surface area contributed by atoms with Crippen LogP contribution in [0.15, 0.2) is 69.9 Å². The van der Waals surface area contributed by atoms with E-state index in [-0.39, 0.29) is 16.0 Å². The number of alkyl halides is 3. The molecule has 188 valence electrons. The lowest BCUT2D eigenvalue weighted by Crippen LogP contribution is -2.16. The van der Waals surface area contributed by atoms with Gasteiger partial charge in [0.25, 0.3) is 11.4 Å². The summed E-state index contributed by atoms with van der Waals surface area (Å²) in [6, 6.07) is 10.5. The maximum atomic E-state index is 13.8. The van der Waals surface area contributed by atoms with Gasteiger partial charge in [0, 0.05) is 28.8 Å². The van der Waals surface area contributed by atoms with Gasteiger partial charge in [-0.2, -0.15) is 13.2 Å². The smallest absolute Gasteiger partial charge is 0.450 e. The molecule has 0 atom stereocenters. The summed E-state index contributed by atoms with van der Waals surface area (Å²) >= 11 is 6.02. The van der Waals surface area contributed by atoms with Crippen LogP contribution in [0.5, 0.6) is 5.75 Å². The number of nitro benzene ring substituents is 2. The third-order valence-electron chi connectivity index (χ3n) is 5.03. The van der Waals surface area contributed by atoms with Gasteiger partial charge in [0.05, 0.1) is 32.4 Å². The molecule has 0 fully saturated rings. The van der Waals surface area contributed by atoms with E-state index < -0.39 is 67.0 Å². The van der Waals surface area contributed by atoms with Gasteiger partial charge in [0.15, 0.2) is 0 Å². The highest BCUT2D eigenvalue weighted by Gasteiger charge is 2.40. The molecule has 14 heteroatoms. The monoisotopic (exact) mass is 534 g/mol. The highest BCUT2D eigenvalue weighted by molar-refractivity contribution is 6.33. The van der Waals surface area contributed by atoms with Crippen molar-refractivity contribution in [1.29, 1.82) is 0 Å². The number of carbonyl (C=O) groups is 1. The van der Waals surface area contributed by atoms with E-state index in [1.54, 1.807) is 0 Å². The third-order valence-corrected chi connectivity index (χ3v) is 5.36. The number of esters is 1. The minimum atomic E-state index is -5.10. The zero-order chi connectivity index (χ0) is 27.1. The number of rotatable bonds is 5. The molecule has 0 amide bonds. The molecule has 0 spiro atoms. The van der Waals surface area contributed by atoms with Crippen LogP contribution in [0.25, 0.3) is 22.1 Å². The first-order valence-corrected chi connectivity index (χ1v) is 10.3. The van der Waals surface area contributed by atoms with Crippen molar-refractivity contribution in [3.8, 4) is 16.9 Å². The molecular formula is C23H10ClF3N2O8. The van der Waals surface area contributed by atoms with Crippen LogP contribution in [-0.2, 0) is 6.18 Å². The zero-order valence-electron chi connectivity index (χ0n) is 17.9. The van der Waals surface area contributed by atoms with Crippen LogP contribution in [0.2, 0.25) is 5.02 Å². The fraction of sp³-hybridized carbons (Fsp3) is 0.0435. The van der Waals surface area contributed by atoms with Crippen molar-refractivity contribution in [2.75, 3.05) is 0 Å². The first kappa shape index (κ1) is 25.3. The summed E-state index contributed by atoms with van der Waals surface area (Å²) in [6.45, 7) is 0. The molecule has 0 aliphatic rings. The average molecular weight is 535 g/mol. The summed E-state index contributed by atoms with van der Waals surface area (Å²) in [4.78, 5) is 45.7. The summed E-state index contributed by atoms with van der Waals surface area (Å²) in [7, 11) is 0. The van der Waals surface area contributed by atoms with E-state index in [1.165, 1.54) is 24.3 Å². The topological polar surface area (TPSA) is 143 Å². The van der Waals surface area contributed by atoms with Crippen LogP contribution in [0, 0.1) is 20.2 Å².